The Bertz CT molecular complexity index is 1320. The molecule has 0 aliphatic rings. The fourth-order valence-corrected chi connectivity index (χ4v) is 3.67. The van der Waals surface area contributed by atoms with Crippen molar-refractivity contribution in [1.29, 1.82) is 0 Å². The standard InChI is InChI=1S/C26H25N3O5/c1-15-10-11-20(16(2)12-15)27-25(30)18-8-6-7-9-19(18)26-28-24(29-34-26)17-13-21(31-3)23(33-5)22(14-17)32-4/h6-14H,1-5H3,(H,27,30). The van der Waals surface area contributed by atoms with Gasteiger partial charge in [0.05, 0.1) is 32.5 Å². The lowest BCUT2D eigenvalue weighted by Gasteiger charge is -2.12. The number of aryl methyl sites for hydroxylation is 2. The van der Waals surface area contributed by atoms with Crippen molar-refractivity contribution in [2.24, 2.45) is 0 Å². The molecule has 4 rings (SSSR count). The summed E-state index contributed by atoms with van der Waals surface area (Å²) in [6.07, 6.45) is 0. The van der Waals surface area contributed by atoms with Gasteiger partial charge in [0.15, 0.2) is 11.5 Å². The molecule has 174 valence electrons. The molecule has 0 saturated heterocycles. The molecule has 0 saturated carbocycles. The highest BCUT2D eigenvalue weighted by atomic mass is 16.5. The largest absolute Gasteiger partial charge is 0.493 e. The van der Waals surface area contributed by atoms with E-state index in [4.69, 9.17) is 18.7 Å². The first-order valence-corrected chi connectivity index (χ1v) is 10.6. The van der Waals surface area contributed by atoms with Crippen molar-refractivity contribution in [1.82, 2.24) is 10.1 Å². The Labute approximate surface area is 197 Å². The van der Waals surface area contributed by atoms with Crippen molar-refractivity contribution in [2.45, 2.75) is 13.8 Å². The molecule has 0 unspecified atom stereocenters. The molecule has 3 aromatic carbocycles. The maximum Gasteiger partial charge on any atom is 0.259 e. The van der Waals surface area contributed by atoms with Crippen molar-refractivity contribution in [3.05, 3.63) is 71.3 Å². The van der Waals surface area contributed by atoms with E-state index in [1.165, 1.54) is 21.3 Å². The molecule has 0 bridgehead atoms. The van der Waals surface area contributed by atoms with Crippen LogP contribution in [-0.4, -0.2) is 37.4 Å². The number of ether oxygens (including phenoxy) is 3. The minimum Gasteiger partial charge on any atom is -0.493 e. The molecule has 8 heteroatoms. The van der Waals surface area contributed by atoms with Crippen LogP contribution in [0.25, 0.3) is 22.8 Å². The van der Waals surface area contributed by atoms with E-state index >= 15 is 0 Å². The minimum absolute atomic E-state index is 0.218. The monoisotopic (exact) mass is 459 g/mol. The van der Waals surface area contributed by atoms with Crippen LogP contribution in [0.1, 0.15) is 21.5 Å². The number of hydrogen-bond donors (Lipinski definition) is 1. The fraction of sp³-hybridized carbons (Fsp3) is 0.192. The smallest absolute Gasteiger partial charge is 0.259 e. The predicted molar refractivity (Wildman–Crippen MR) is 129 cm³/mol. The highest BCUT2D eigenvalue weighted by Crippen LogP contribution is 2.41. The van der Waals surface area contributed by atoms with E-state index in [9.17, 15) is 4.79 Å². The molecule has 1 aromatic heterocycles. The van der Waals surface area contributed by atoms with Crippen molar-refractivity contribution in [3.63, 3.8) is 0 Å². The van der Waals surface area contributed by atoms with Crippen LogP contribution in [0.3, 0.4) is 0 Å². The molecule has 0 aliphatic heterocycles. The van der Waals surface area contributed by atoms with Crippen LogP contribution >= 0.6 is 0 Å². The number of rotatable bonds is 7. The number of methoxy groups -OCH3 is 3. The second-order valence-corrected chi connectivity index (χ2v) is 7.66. The maximum absolute atomic E-state index is 13.1. The second kappa shape index (κ2) is 9.66. The topological polar surface area (TPSA) is 95.7 Å². The number of nitrogens with zero attached hydrogens (tertiary/aromatic N) is 2. The number of nitrogens with one attached hydrogen (secondary N) is 1. The molecule has 1 amide bonds. The van der Waals surface area contributed by atoms with Crippen LogP contribution in [0.5, 0.6) is 17.2 Å². The average molecular weight is 460 g/mol. The molecule has 1 heterocycles. The van der Waals surface area contributed by atoms with Crippen LogP contribution < -0.4 is 19.5 Å². The van der Waals surface area contributed by atoms with Crippen LogP contribution in [0, 0.1) is 13.8 Å². The number of amides is 1. The molecular weight excluding hydrogens is 434 g/mol. The van der Waals surface area contributed by atoms with Crippen molar-refractivity contribution < 1.29 is 23.5 Å². The van der Waals surface area contributed by atoms with Gasteiger partial charge in [0, 0.05) is 11.3 Å². The Morgan fingerprint density at radius 2 is 1.62 bits per heavy atom. The minimum atomic E-state index is -0.268. The molecular formula is C26H25N3O5. The van der Waals surface area contributed by atoms with E-state index in [0.29, 0.717) is 39.8 Å². The molecule has 0 spiro atoms. The van der Waals surface area contributed by atoms with E-state index in [1.54, 1.807) is 30.3 Å². The highest BCUT2D eigenvalue weighted by molar-refractivity contribution is 6.08. The Kier molecular flexibility index (Phi) is 6.49. The third kappa shape index (κ3) is 4.43. The lowest BCUT2D eigenvalue weighted by molar-refractivity contribution is 0.102. The molecule has 1 N–H and O–H groups in total. The normalized spacial score (nSPS) is 10.6. The van der Waals surface area contributed by atoms with Gasteiger partial charge in [0.1, 0.15) is 0 Å². The Morgan fingerprint density at radius 1 is 0.912 bits per heavy atom. The third-order valence-corrected chi connectivity index (χ3v) is 5.38. The maximum atomic E-state index is 13.1. The first-order chi connectivity index (χ1) is 16.4. The van der Waals surface area contributed by atoms with Crippen LogP contribution in [-0.2, 0) is 0 Å². The average Bonchev–Trinajstić information content (AvgIpc) is 3.35. The molecule has 34 heavy (non-hydrogen) atoms. The zero-order valence-electron chi connectivity index (χ0n) is 19.6. The third-order valence-electron chi connectivity index (χ3n) is 5.38. The van der Waals surface area contributed by atoms with Gasteiger partial charge in [-0.3, -0.25) is 4.79 Å². The summed E-state index contributed by atoms with van der Waals surface area (Å²) in [7, 11) is 4.60. The van der Waals surface area contributed by atoms with Gasteiger partial charge >= 0.3 is 0 Å². The predicted octanol–water partition coefficient (Wildman–Crippen LogP) is 5.30. The van der Waals surface area contributed by atoms with Crippen LogP contribution in [0.2, 0.25) is 0 Å². The highest BCUT2D eigenvalue weighted by Gasteiger charge is 2.21. The summed E-state index contributed by atoms with van der Waals surface area (Å²) in [5, 5.41) is 7.08. The van der Waals surface area contributed by atoms with Gasteiger partial charge in [-0.15, -0.1) is 0 Å². The summed E-state index contributed by atoms with van der Waals surface area (Å²) in [5.74, 6) is 1.67. The number of benzene rings is 3. The summed E-state index contributed by atoms with van der Waals surface area (Å²) in [6, 6.07) is 16.4. The van der Waals surface area contributed by atoms with Gasteiger partial charge in [-0.25, -0.2) is 0 Å². The second-order valence-electron chi connectivity index (χ2n) is 7.66. The molecule has 0 atom stereocenters. The zero-order valence-corrected chi connectivity index (χ0v) is 19.6. The fourth-order valence-electron chi connectivity index (χ4n) is 3.67. The number of hydrogen-bond acceptors (Lipinski definition) is 7. The van der Waals surface area contributed by atoms with Crippen LogP contribution in [0.15, 0.2) is 59.1 Å². The SMILES string of the molecule is COc1cc(-c2noc(-c3ccccc3C(=O)Nc3ccc(C)cc3C)n2)cc(OC)c1OC. The van der Waals surface area contributed by atoms with Gasteiger partial charge in [0.2, 0.25) is 11.6 Å². The first-order valence-electron chi connectivity index (χ1n) is 10.6. The van der Waals surface area contributed by atoms with Crippen LogP contribution in [0.4, 0.5) is 5.69 Å². The Morgan fingerprint density at radius 3 is 2.26 bits per heavy atom. The van der Waals surface area contributed by atoms with E-state index < -0.39 is 0 Å². The van der Waals surface area contributed by atoms with Gasteiger partial charge in [0.25, 0.3) is 11.8 Å². The number of anilines is 1. The van der Waals surface area contributed by atoms with Crippen molar-refractivity contribution in [3.8, 4) is 40.1 Å². The Balaban J connectivity index is 1.68. The quantitative estimate of drug-likeness (QED) is 0.401. The summed E-state index contributed by atoms with van der Waals surface area (Å²) in [6.45, 7) is 3.96. The van der Waals surface area contributed by atoms with Crippen molar-refractivity contribution in [2.75, 3.05) is 26.6 Å². The lowest BCUT2D eigenvalue weighted by Crippen LogP contribution is -2.14. The summed E-state index contributed by atoms with van der Waals surface area (Å²) in [5.41, 5.74) is 4.41. The number of carbonyl (C=O) groups excluding carboxylic acids is 1. The van der Waals surface area contributed by atoms with E-state index in [1.807, 2.05) is 38.1 Å². The Hall–Kier alpha value is -4.33. The van der Waals surface area contributed by atoms with E-state index in [2.05, 4.69) is 15.5 Å². The summed E-state index contributed by atoms with van der Waals surface area (Å²) < 4.78 is 21.7. The van der Waals surface area contributed by atoms with Gasteiger partial charge < -0.3 is 24.1 Å². The molecule has 0 aliphatic carbocycles. The number of aromatic nitrogens is 2. The summed E-state index contributed by atoms with van der Waals surface area (Å²) in [4.78, 5) is 17.6. The van der Waals surface area contributed by atoms with E-state index in [0.717, 1.165) is 16.8 Å². The van der Waals surface area contributed by atoms with Gasteiger partial charge in [-0.05, 0) is 49.7 Å². The van der Waals surface area contributed by atoms with Crippen molar-refractivity contribution >= 4 is 11.6 Å². The lowest BCUT2D eigenvalue weighted by atomic mass is 10.1. The molecule has 8 nitrogen and oxygen atoms in total. The molecule has 0 fully saturated rings. The molecule has 0 radical (unpaired) electrons. The van der Waals surface area contributed by atoms with Gasteiger partial charge in [-0.1, -0.05) is 35.0 Å². The molecule has 4 aromatic rings. The first kappa shape index (κ1) is 22.8. The number of carbonyl (C=O) groups is 1. The van der Waals surface area contributed by atoms with Gasteiger partial charge in [-0.2, -0.15) is 4.98 Å². The van der Waals surface area contributed by atoms with E-state index in [-0.39, 0.29) is 11.8 Å². The zero-order chi connectivity index (χ0) is 24.2. The summed E-state index contributed by atoms with van der Waals surface area (Å²) >= 11 is 0.